The Balaban J connectivity index is 1.84. The summed E-state index contributed by atoms with van der Waals surface area (Å²) in [6, 6.07) is 19.9. The molecule has 1 aliphatic carbocycles. The highest BCUT2D eigenvalue weighted by Gasteiger charge is 2.78. The number of nitrogens with zero attached hydrogens (tertiary/aromatic N) is 1. The summed E-state index contributed by atoms with van der Waals surface area (Å²) in [6.07, 6.45) is 0.135. The quantitative estimate of drug-likeness (QED) is 0.321. The minimum atomic E-state index is -2.57. The van der Waals surface area contributed by atoms with E-state index in [1.807, 2.05) is 48.5 Å². The maximum atomic E-state index is 13.7. The molecule has 0 saturated heterocycles. The van der Waals surface area contributed by atoms with Crippen molar-refractivity contribution in [1.82, 2.24) is 0 Å². The average molecular weight is 520 g/mol. The van der Waals surface area contributed by atoms with Crippen molar-refractivity contribution in [2.75, 3.05) is 10.9 Å². The number of carbonyl (C=O) groups excluding carboxylic acids is 1. The summed E-state index contributed by atoms with van der Waals surface area (Å²) < 4.78 is 30.2. The van der Waals surface area contributed by atoms with Gasteiger partial charge in [0, 0.05) is 9.90 Å². The van der Waals surface area contributed by atoms with Gasteiger partial charge in [-0.1, -0.05) is 54.1 Å². The number of anilines is 1. The number of rotatable bonds is 7. The lowest BCUT2D eigenvalue weighted by molar-refractivity contribution is -0.158. The standard InChI is InChI=1S/C25H26ClNO5S2/c1-23(2,3)32-22(29)25(15-24(25,16-28)18-7-5-4-6-8-18)27(34(30)31)21-14-13-20(33-21)17-9-11-19(26)12-10-17/h4-14,28H,15-16H2,1-3H3,(H,30,31). The van der Waals surface area contributed by atoms with Crippen LogP contribution in [0.2, 0.25) is 5.02 Å². The molecule has 1 saturated carbocycles. The maximum absolute atomic E-state index is 13.7. The van der Waals surface area contributed by atoms with Crippen LogP contribution in [-0.4, -0.2) is 37.6 Å². The van der Waals surface area contributed by atoms with Crippen LogP contribution in [0.4, 0.5) is 5.00 Å². The Kier molecular flexibility index (Phi) is 6.65. The zero-order valence-electron chi connectivity index (χ0n) is 19.0. The van der Waals surface area contributed by atoms with Gasteiger partial charge in [-0.15, -0.1) is 11.3 Å². The van der Waals surface area contributed by atoms with Crippen LogP contribution < -0.4 is 4.31 Å². The monoisotopic (exact) mass is 519 g/mol. The lowest BCUT2D eigenvalue weighted by Gasteiger charge is -2.34. The van der Waals surface area contributed by atoms with E-state index in [1.54, 1.807) is 39.0 Å². The van der Waals surface area contributed by atoms with Crippen LogP contribution in [0.25, 0.3) is 10.4 Å². The number of aliphatic hydroxyl groups excluding tert-OH is 1. The van der Waals surface area contributed by atoms with Gasteiger partial charge in [0.15, 0.2) is 5.54 Å². The molecule has 0 spiro atoms. The summed E-state index contributed by atoms with van der Waals surface area (Å²) in [4.78, 5) is 14.5. The summed E-state index contributed by atoms with van der Waals surface area (Å²) in [5.41, 5.74) is -1.88. The van der Waals surface area contributed by atoms with E-state index >= 15 is 0 Å². The van der Waals surface area contributed by atoms with Crippen molar-refractivity contribution < 1.29 is 23.4 Å². The van der Waals surface area contributed by atoms with Crippen molar-refractivity contribution in [1.29, 1.82) is 0 Å². The molecule has 1 aliphatic rings. The van der Waals surface area contributed by atoms with Gasteiger partial charge in [0.2, 0.25) is 0 Å². The third-order valence-corrected chi connectivity index (χ3v) is 8.29. The normalized spacial score (nSPS) is 22.8. The van der Waals surface area contributed by atoms with Crippen LogP contribution in [0.5, 0.6) is 0 Å². The molecule has 0 radical (unpaired) electrons. The Hall–Kier alpha value is -2.23. The van der Waals surface area contributed by atoms with E-state index in [1.165, 1.54) is 15.6 Å². The Labute approximate surface area is 210 Å². The highest BCUT2D eigenvalue weighted by molar-refractivity contribution is 7.81. The molecule has 3 unspecified atom stereocenters. The maximum Gasteiger partial charge on any atom is 0.334 e. The number of carbonyl (C=O) groups is 1. The van der Waals surface area contributed by atoms with E-state index in [0.29, 0.717) is 15.6 Å². The SMILES string of the molecule is CC(C)(C)OC(=O)C1(N(c2ccc(-c3ccc(Cl)cc3)s2)S(=O)O)CC1(CO)c1ccccc1. The average Bonchev–Trinajstić information content (AvgIpc) is 3.24. The fourth-order valence-electron chi connectivity index (χ4n) is 4.35. The van der Waals surface area contributed by atoms with E-state index in [0.717, 1.165) is 10.4 Å². The molecule has 1 fully saturated rings. The minimum absolute atomic E-state index is 0.135. The van der Waals surface area contributed by atoms with E-state index in [-0.39, 0.29) is 13.0 Å². The molecule has 1 aromatic heterocycles. The van der Waals surface area contributed by atoms with Gasteiger partial charge in [-0.3, -0.25) is 4.55 Å². The summed E-state index contributed by atoms with van der Waals surface area (Å²) in [5, 5.41) is 11.6. The number of aliphatic hydroxyl groups is 1. The largest absolute Gasteiger partial charge is 0.458 e. The first-order valence-corrected chi connectivity index (χ1v) is 13.0. The third kappa shape index (κ3) is 4.29. The molecule has 0 aliphatic heterocycles. The van der Waals surface area contributed by atoms with Crippen LogP contribution >= 0.6 is 22.9 Å². The van der Waals surface area contributed by atoms with Crippen LogP contribution in [-0.2, 0) is 26.2 Å². The molecular weight excluding hydrogens is 494 g/mol. The van der Waals surface area contributed by atoms with Crippen molar-refractivity contribution in [3.8, 4) is 10.4 Å². The summed E-state index contributed by atoms with van der Waals surface area (Å²) in [6.45, 7) is 4.84. The first-order chi connectivity index (χ1) is 16.0. The second-order valence-corrected chi connectivity index (χ2v) is 11.6. The molecule has 180 valence electrons. The lowest BCUT2D eigenvalue weighted by atomic mass is 9.91. The number of thiophene rings is 1. The van der Waals surface area contributed by atoms with Gasteiger partial charge in [0.1, 0.15) is 10.6 Å². The number of benzene rings is 2. The Morgan fingerprint density at radius 1 is 1.12 bits per heavy atom. The van der Waals surface area contributed by atoms with Crippen LogP contribution in [0.1, 0.15) is 32.8 Å². The van der Waals surface area contributed by atoms with Gasteiger partial charge in [0.05, 0.1) is 12.0 Å². The van der Waals surface area contributed by atoms with Gasteiger partial charge in [0.25, 0.3) is 11.3 Å². The minimum Gasteiger partial charge on any atom is -0.458 e. The van der Waals surface area contributed by atoms with Crippen LogP contribution in [0.15, 0.2) is 66.7 Å². The molecule has 9 heteroatoms. The molecule has 2 N–H and O–H groups in total. The van der Waals surface area contributed by atoms with Gasteiger partial charge in [-0.05, 0) is 62.6 Å². The zero-order valence-corrected chi connectivity index (χ0v) is 21.4. The lowest BCUT2D eigenvalue weighted by Crippen LogP contribution is -2.53. The second-order valence-electron chi connectivity index (χ2n) is 9.32. The Bertz CT molecular complexity index is 1210. The van der Waals surface area contributed by atoms with Gasteiger partial charge in [-0.25, -0.2) is 13.3 Å². The highest BCUT2D eigenvalue weighted by atomic mass is 35.5. The number of ether oxygens (including phenoxy) is 1. The molecular formula is C25H26ClNO5S2. The van der Waals surface area contributed by atoms with E-state index < -0.39 is 33.8 Å². The molecule has 0 bridgehead atoms. The first-order valence-electron chi connectivity index (χ1n) is 10.7. The zero-order chi connectivity index (χ0) is 24.7. The topological polar surface area (TPSA) is 87.1 Å². The van der Waals surface area contributed by atoms with Crippen LogP contribution in [0.3, 0.4) is 0 Å². The third-order valence-electron chi connectivity index (χ3n) is 5.98. The van der Waals surface area contributed by atoms with Crippen molar-refractivity contribution in [3.05, 3.63) is 77.3 Å². The van der Waals surface area contributed by atoms with Crippen molar-refractivity contribution in [2.45, 2.75) is 43.7 Å². The van der Waals surface area contributed by atoms with Crippen molar-refractivity contribution in [3.63, 3.8) is 0 Å². The number of esters is 1. The van der Waals surface area contributed by atoms with Gasteiger partial charge in [-0.2, -0.15) is 0 Å². The molecule has 4 rings (SSSR count). The number of hydrogen-bond acceptors (Lipinski definition) is 5. The van der Waals surface area contributed by atoms with E-state index in [2.05, 4.69) is 0 Å². The van der Waals surface area contributed by atoms with E-state index in [4.69, 9.17) is 16.3 Å². The summed E-state index contributed by atoms with van der Waals surface area (Å²) in [5.74, 6) is -0.651. The van der Waals surface area contributed by atoms with E-state index in [9.17, 15) is 18.7 Å². The molecule has 1 heterocycles. The second kappa shape index (κ2) is 9.09. The molecule has 2 aromatic carbocycles. The Morgan fingerprint density at radius 3 is 2.32 bits per heavy atom. The molecule has 3 aromatic rings. The molecule has 34 heavy (non-hydrogen) atoms. The molecule has 3 atom stereocenters. The molecule has 6 nitrogen and oxygen atoms in total. The predicted octanol–water partition coefficient (Wildman–Crippen LogP) is 5.43. The Morgan fingerprint density at radius 2 is 1.76 bits per heavy atom. The number of halogens is 1. The summed E-state index contributed by atoms with van der Waals surface area (Å²) in [7, 11) is 0. The van der Waals surface area contributed by atoms with Gasteiger partial charge >= 0.3 is 5.97 Å². The van der Waals surface area contributed by atoms with Gasteiger partial charge < -0.3 is 9.84 Å². The predicted molar refractivity (Wildman–Crippen MR) is 136 cm³/mol. The van der Waals surface area contributed by atoms with Crippen molar-refractivity contribution in [2.24, 2.45) is 0 Å². The highest BCUT2D eigenvalue weighted by Crippen LogP contribution is 2.63. The fraction of sp³-hybridized carbons (Fsp3) is 0.320. The van der Waals surface area contributed by atoms with Crippen LogP contribution in [0, 0.1) is 0 Å². The smallest absolute Gasteiger partial charge is 0.334 e. The first kappa shape index (κ1) is 24.9. The van der Waals surface area contributed by atoms with Crippen molar-refractivity contribution >= 4 is 45.2 Å². The molecule has 0 amide bonds. The summed E-state index contributed by atoms with van der Waals surface area (Å²) >= 11 is 4.71. The fourth-order valence-corrected chi connectivity index (χ4v) is 6.57. The number of hydrogen-bond donors (Lipinski definition) is 2.